The monoisotopic (exact) mass is 507 g/mol. The summed E-state index contributed by atoms with van der Waals surface area (Å²) in [5, 5.41) is 2.58. The first-order valence-corrected chi connectivity index (χ1v) is 11.6. The second-order valence-electron chi connectivity index (χ2n) is 9.54. The molecule has 0 saturated heterocycles. The van der Waals surface area contributed by atoms with Gasteiger partial charge in [-0.15, -0.1) is 0 Å². The van der Waals surface area contributed by atoms with Gasteiger partial charge in [-0.3, -0.25) is 9.59 Å². The van der Waals surface area contributed by atoms with Gasteiger partial charge in [0, 0.05) is 5.92 Å². The van der Waals surface area contributed by atoms with Crippen molar-refractivity contribution < 1.29 is 37.0 Å². The predicted molar refractivity (Wildman–Crippen MR) is 128 cm³/mol. The number of amides is 1. The van der Waals surface area contributed by atoms with Crippen LogP contribution in [0.5, 0.6) is 0 Å². The number of benzene rings is 2. The number of hydrogen-bond acceptors (Lipinski definition) is 5. The summed E-state index contributed by atoms with van der Waals surface area (Å²) >= 11 is 0. The number of halogens is 3. The van der Waals surface area contributed by atoms with Crippen LogP contribution >= 0.6 is 0 Å². The first-order chi connectivity index (χ1) is 16.7. The summed E-state index contributed by atoms with van der Waals surface area (Å²) in [5.41, 5.74) is -0.138. The maximum Gasteiger partial charge on any atom is 0.416 e. The molecule has 1 N–H and O–H groups in total. The second kappa shape index (κ2) is 12.6. The van der Waals surface area contributed by atoms with E-state index >= 15 is 0 Å². The number of hydrogen-bond donors (Lipinski definition) is 1. The first-order valence-electron chi connectivity index (χ1n) is 11.6. The molecule has 0 aliphatic carbocycles. The van der Waals surface area contributed by atoms with Crippen LogP contribution < -0.4 is 5.32 Å². The van der Waals surface area contributed by atoms with Gasteiger partial charge in [0.25, 0.3) is 0 Å². The normalized spacial score (nSPS) is 13.4. The Morgan fingerprint density at radius 3 is 2.08 bits per heavy atom. The van der Waals surface area contributed by atoms with Gasteiger partial charge in [-0.1, -0.05) is 42.5 Å². The van der Waals surface area contributed by atoms with Crippen LogP contribution in [0.4, 0.5) is 13.2 Å². The highest BCUT2D eigenvalue weighted by molar-refractivity contribution is 5.88. The Labute approximate surface area is 209 Å². The third kappa shape index (κ3) is 10.1. The number of aryl methyl sites for hydroxylation is 1. The summed E-state index contributed by atoms with van der Waals surface area (Å²) in [5.74, 6) is -2.62. The molecule has 1 amide bonds. The molecule has 0 radical (unpaired) electrons. The summed E-state index contributed by atoms with van der Waals surface area (Å²) < 4.78 is 49.0. The van der Waals surface area contributed by atoms with Crippen molar-refractivity contribution in [2.75, 3.05) is 0 Å². The van der Waals surface area contributed by atoms with Crippen molar-refractivity contribution in [3.63, 3.8) is 0 Å². The zero-order valence-electron chi connectivity index (χ0n) is 20.9. The van der Waals surface area contributed by atoms with Crippen LogP contribution in [0.3, 0.4) is 0 Å². The number of alkyl halides is 3. The van der Waals surface area contributed by atoms with E-state index in [0.717, 1.165) is 17.7 Å². The number of esters is 2. The van der Waals surface area contributed by atoms with Gasteiger partial charge in [0.15, 0.2) is 0 Å². The largest absolute Gasteiger partial charge is 0.460 e. The molecular weight excluding hydrogens is 475 g/mol. The summed E-state index contributed by atoms with van der Waals surface area (Å²) in [6.45, 7) is 6.63. The molecule has 2 aromatic rings. The highest BCUT2D eigenvalue weighted by atomic mass is 19.4. The van der Waals surface area contributed by atoms with Crippen molar-refractivity contribution in [2.45, 2.75) is 71.4 Å². The van der Waals surface area contributed by atoms with E-state index in [-0.39, 0.29) is 25.9 Å². The van der Waals surface area contributed by atoms with Crippen molar-refractivity contribution in [3.05, 3.63) is 71.3 Å². The van der Waals surface area contributed by atoms with Gasteiger partial charge in [0.05, 0.1) is 12.0 Å². The zero-order chi connectivity index (χ0) is 26.9. The van der Waals surface area contributed by atoms with Crippen LogP contribution in [0.25, 0.3) is 0 Å². The van der Waals surface area contributed by atoms with Crippen LogP contribution in [0.15, 0.2) is 54.6 Å². The molecule has 6 nitrogen and oxygen atoms in total. The van der Waals surface area contributed by atoms with Crippen molar-refractivity contribution in [2.24, 2.45) is 5.92 Å². The Bertz CT molecular complexity index is 1010. The molecule has 0 bridgehead atoms. The van der Waals surface area contributed by atoms with E-state index in [9.17, 15) is 27.6 Å². The average molecular weight is 508 g/mol. The highest BCUT2D eigenvalue weighted by Crippen LogP contribution is 2.29. The molecule has 36 heavy (non-hydrogen) atoms. The molecule has 2 rings (SSSR count). The van der Waals surface area contributed by atoms with Crippen molar-refractivity contribution in [1.29, 1.82) is 0 Å². The van der Waals surface area contributed by atoms with Gasteiger partial charge in [0.2, 0.25) is 5.91 Å². The first kappa shape index (κ1) is 28.9. The van der Waals surface area contributed by atoms with Gasteiger partial charge in [-0.05, 0) is 63.8 Å². The van der Waals surface area contributed by atoms with Crippen molar-refractivity contribution in [1.82, 2.24) is 5.32 Å². The molecule has 196 valence electrons. The molecule has 0 heterocycles. The quantitative estimate of drug-likeness (QED) is 0.445. The molecule has 0 saturated carbocycles. The third-order valence-corrected chi connectivity index (χ3v) is 5.20. The standard InChI is InChI=1S/C27H32F3NO5/c1-18(25(34)35-17-20-8-6-5-7-9-20)31-24(33)21(16-23(32)36-26(2,3)4)13-10-19-11-14-22(15-12-19)27(28,29)30/h5-9,11-12,14-15,18,21H,10,13,16-17H2,1-4H3,(H,31,33)/t18-,21-/m0/s1. The van der Waals surface area contributed by atoms with E-state index in [2.05, 4.69) is 5.32 Å². The Balaban J connectivity index is 2.02. The van der Waals surface area contributed by atoms with Gasteiger partial charge in [-0.25, -0.2) is 4.79 Å². The number of nitrogens with one attached hydrogen (secondary N) is 1. The molecule has 0 spiro atoms. The summed E-state index contributed by atoms with van der Waals surface area (Å²) in [6.07, 6.45) is -4.26. The lowest BCUT2D eigenvalue weighted by Crippen LogP contribution is -2.43. The van der Waals surface area contributed by atoms with E-state index in [1.807, 2.05) is 18.2 Å². The van der Waals surface area contributed by atoms with Gasteiger partial charge in [-0.2, -0.15) is 13.2 Å². The Morgan fingerprint density at radius 2 is 1.53 bits per heavy atom. The van der Waals surface area contributed by atoms with E-state index in [1.54, 1.807) is 32.9 Å². The van der Waals surface area contributed by atoms with Crippen molar-refractivity contribution in [3.8, 4) is 0 Å². The summed E-state index contributed by atoms with van der Waals surface area (Å²) in [7, 11) is 0. The number of carbonyl (C=O) groups excluding carboxylic acids is 3. The van der Waals surface area contributed by atoms with Gasteiger partial charge < -0.3 is 14.8 Å². The molecule has 0 unspecified atom stereocenters. The van der Waals surface area contributed by atoms with Gasteiger partial charge >= 0.3 is 18.1 Å². The summed E-state index contributed by atoms with van der Waals surface area (Å²) in [4.78, 5) is 37.7. The third-order valence-electron chi connectivity index (χ3n) is 5.20. The minimum atomic E-state index is -4.44. The topological polar surface area (TPSA) is 81.7 Å². The van der Waals surface area contributed by atoms with E-state index < -0.39 is 47.1 Å². The van der Waals surface area contributed by atoms with Crippen molar-refractivity contribution >= 4 is 17.8 Å². The lowest BCUT2D eigenvalue weighted by molar-refractivity contribution is -0.157. The Kier molecular flexibility index (Phi) is 10.1. The fourth-order valence-corrected chi connectivity index (χ4v) is 3.36. The van der Waals surface area contributed by atoms with Crippen LogP contribution in [-0.4, -0.2) is 29.5 Å². The lowest BCUT2D eigenvalue weighted by atomic mass is 9.94. The predicted octanol–water partition coefficient (Wildman–Crippen LogP) is 5.23. The smallest absolute Gasteiger partial charge is 0.416 e. The average Bonchev–Trinajstić information content (AvgIpc) is 2.79. The van der Waals surface area contributed by atoms with E-state index in [0.29, 0.717) is 5.56 Å². The molecule has 0 aliphatic rings. The number of rotatable bonds is 10. The molecule has 2 atom stereocenters. The van der Waals surface area contributed by atoms with Crippen LogP contribution in [0.2, 0.25) is 0 Å². The Hall–Kier alpha value is -3.36. The second-order valence-corrected chi connectivity index (χ2v) is 9.54. The summed E-state index contributed by atoms with van der Waals surface area (Å²) in [6, 6.07) is 12.7. The maximum atomic E-state index is 13.0. The van der Waals surface area contributed by atoms with Crippen LogP contribution in [-0.2, 0) is 43.1 Å². The fraction of sp³-hybridized carbons (Fsp3) is 0.444. The SMILES string of the molecule is C[C@H](NC(=O)[C@@H](CCc1ccc(C(F)(F)F)cc1)CC(=O)OC(C)(C)C)C(=O)OCc1ccccc1. The van der Waals surface area contributed by atoms with E-state index in [4.69, 9.17) is 9.47 Å². The minimum Gasteiger partial charge on any atom is -0.460 e. The lowest BCUT2D eigenvalue weighted by Gasteiger charge is -2.23. The molecule has 9 heteroatoms. The molecule has 2 aromatic carbocycles. The maximum absolute atomic E-state index is 13.0. The molecule has 0 aromatic heterocycles. The molecule has 0 aliphatic heterocycles. The van der Waals surface area contributed by atoms with Crippen LogP contribution in [0, 0.1) is 5.92 Å². The minimum absolute atomic E-state index is 0.0507. The fourth-order valence-electron chi connectivity index (χ4n) is 3.36. The van der Waals surface area contributed by atoms with Gasteiger partial charge in [0.1, 0.15) is 18.2 Å². The highest BCUT2D eigenvalue weighted by Gasteiger charge is 2.30. The zero-order valence-corrected chi connectivity index (χ0v) is 20.9. The number of ether oxygens (including phenoxy) is 2. The van der Waals surface area contributed by atoms with E-state index in [1.165, 1.54) is 19.1 Å². The van der Waals surface area contributed by atoms with Crippen LogP contribution in [0.1, 0.15) is 57.2 Å². The molecule has 0 fully saturated rings. The molecular formula is C27H32F3NO5. The Morgan fingerprint density at radius 1 is 0.917 bits per heavy atom. The number of carbonyl (C=O) groups is 3.